The maximum Gasteiger partial charge on any atom is 0.471 e. The molecule has 0 amide bonds. The zero-order chi connectivity index (χ0) is 17.3. The van der Waals surface area contributed by atoms with Gasteiger partial charge in [-0.25, -0.2) is 8.60 Å². The standard InChI is InChI=1S/C15H8F4N2O2S/c16-11-6-1-2-7-12(11)24(22)10-5-3-4-9(8-10)13-20-14(23-21-13)15(17,18)19/h1-8H. The highest BCUT2D eigenvalue weighted by Gasteiger charge is 2.38. The quantitative estimate of drug-likeness (QED) is 0.664. The summed E-state index contributed by atoms with van der Waals surface area (Å²) >= 11 is 0. The fraction of sp³-hybridized carbons (Fsp3) is 0.0667. The molecule has 1 unspecified atom stereocenters. The van der Waals surface area contributed by atoms with Crippen molar-refractivity contribution >= 4 is 10.8 Å². The summed E-state index contributed by atoms with van der Waals surface area (Å²) in [6.45, 7) is 0. The van der Waals surface area contributed by atoms with E-state index in [2.05, 4.69) is 14.7 Å². The molecular formula is C15H8F4N2O2S. The Morgan fingerprint density at radius 1 is 1.04 bits per heavy atom. The molecule has 9 heteroatoms. The third kappa shape index (κ3) is 3.21. The van der Waals surface area contributed by atoms with Crippen LogP contribution in [-0.2, 0) is 17.0 Å². The van der Waals surface area contributed by atoms with Crippen LogP contribution in [0.25, 0.3) is 11.4 Å². The normalized spacial score (nSPS) is 13.0. The van der Waals surface area contributed by atoms with Gasteiger partial charge in [-0.1, -0.05) is 29.4 Å². The van der Waals surface area contributed by atoms with Gasteiger partial charge in [0.15, 0.2) is 0 Å². The van der Waals surface area contributed by atoms with Crippen LogP contribution in [0.5, 0.6) is 0 Å². The van der Waals surface area contributed by atoms with Gasteiger partial charge in [-0.3, -0.25) is 0 Å². The molecule has 124 valence electrons. The molecule has 0 bridgehead atoms. The number of benzene rings is 2. The highest BCUT2D eigenvalue weighted by molar-refractivity contribution is 7.85. The van der Waals surface area contributed by atoms with E-state index in [0.29, 0.717) is 0 Å². The molecule has 3 rings (SSSR count). The molecule has 24 heavy (non-hydrogen) atoms. The smallest absolute Gasteiger partial charge is 0.329 e. The molecule has 1 aromatic heterocycles. The predicted molar refractivity (Wildman–Crippen MR) is 75.8 cm³/mol. The SMILES string of the molecule is O=S(c1cccc(-c2noc(C(F)(F)F)n2)c1)c1ccccc1F. The van der Waals surface area contributed by atoms with Crippen molar-refractivity contribution in [2.45, 2.75) is 16.0 Å². The number of halogens is 4. The van der Waals surface area contributed by atoms with E-state index in [9.17, 15) is 21.8 Å². The molecule has 0 radical (unpaired) electrons. The first-order valence-corrected chi connectivity index (χ1v) is 7.69. The largest absolute Gasteiger partial charge is 0.471 e. The average molecular weight is 356 g/mol. The van der Waals surface area contributed by atoms with Crippen LogP contribution in [-0.4, -0.2) is 14.3 Å². The van der Waals surface area contributed by atoms with Crippen molar-refractivity contribution in [2.75, 3.05) is 0 Å². The fourth-order valence-corrected chi connectivity index (χ4v) is 3.07. The summed E-state index contributed by atoms with van der Waals surface area (Å²) in [5.41, 5.74) is 0.177. The van der Waals surface area contributed by atoms with Crippen molar-refractivity contribution in [1.82, 2.24) is 10.1 Å². The van der Waals surface area contributed by atoms with E-state index in [1.807, 2.05) is 0 Å². The van der Waals surface area contributed by atoms with Crippen LogP contribution in [0.1, 0.15) is 5.89 Å². The molecular weight excluding hydrogens is 348 g/mol. The molecule has 0 saturated carbocycles. The van der Waals surface area contributed by atoms with Crippen LogP contribution in [0.4, 0.5) is 17.6 Å². The van der Waals surface area contributed by atoms with Gasteiger partial charge in [0.25, 0.3) is 0 Å². The summed E-state index contributed by atoms with van der Waals surface area (Å²) in [7, 11) is -1.84. The highest BCUT2D eigenvalue weighted by Crippen LogP contribution is 2.30. The number of alkyl halides is 3. The highest BCUT2D eigenvalue weighted by atomic mass is 32.2. The van der Waals surface area contributed by atoms with Gasteiger partial charge in [0.1, 0.15) is 5.82 Å². The van der Waals surface area contributed by atoms with Gasteiger partial charge in [-0.15, -0.1) is 0 Å². The molecule has 0 N–H and O–H groups in total. The number of hydrogen-bond donors (Lipinski definition) is 0. The van der Waals surface area contributed by atoms with Crippen molar-refractivity contribution in [3.05, 3.63) is 60.2 Å². The van der Waals surface area contributed by atoms with Gasteiger partial charge in [0.2, 0.25) is 5.82 Å². The minimum Gasteiger partial charge on any atom is -0.329 e. The number of nitrogens with zero attached hydrogens (tertiary/aromatic N) is 2. The van der Waals surface area contributed by atoms with E-state index in [-0.39, 0.29) is 21.2 Å². The van der Waals surface area contributed by atoms with E-state index in [4.69, 9.17) is 0 Å². The molecule has 4 nitrogen and oxygen atoms in total. The Labute approximate surface area is 135 Å². The van der Waals surface area contributed by atoms with E-state index >= 15 is 0 Å². The average Bonchev–Trinajstić information content (AvgIpc) is 3.05. The van der Waals surface area contributed by atoms with Crippen LogP contribution < -0.4 is 0 Å². The molecule has 0 aliphatic heterocycles. The summed E-state index contributed by atoms with van der Waals surface area (Å²) < 4.78 is 67.8. The summed E-state index contributed by atoms with van der Waals surface area (Å²) in [5, 5.41) is 3.26. The van der Waals surface area contributed by atoms with E-state index < -0.39 is 28.7 Å². The maximum absolute atomic E-state index is 13.7. The van der Waals surface area contributed by atoms with Crippen molar-refractivity contribution in [1.29, 1.82) is 0 Å². The first-order valence-electron chi connectivity index (χ1n) is 6.54. The van der Waals surface area contributed by atoms with Gasteiger partial charge in [-0.2, -0.15) is 18.2 Å². The minimum atomic E-state index is -4.75. The van der Waals surface area contributed by atoms with Crippen molar-refractivity contribution < 1.29 is 26.3 Å². The topological polar surface area (TPSA) is 56.0 Å². The van der Waals surface area contributed by atoms with Crippen molar-refractivity contribution in [3.8, 4) is 11.4 Å². The first kappa shape index (κ1) is 16.3. The summed E-state index contributed by atoms with van der Waals surface area (Å²) in [6.07, 6.45) is -4.75. The van der Waals surface area contributed by atoms with Crippen LogP contribution in [0.15, 0.2) is 62.8 Å². The molecule has 2 aromatic carbocycles. The van der Waals surface area contributed by atoms with Gasteiger partial charge in [0, 0.05) is 10.5 Å². The van der Waals surface area contributed by atoms with Gasteiger partial charge < -0.3 is 4.52 Å². The van der Waals surface area contributed by atoms with E-state index in [1.54, 1.807) is 0 Å². The third-order valence-corrected chi connectivity index (χ3v) is 4.42. The Balaban J connectivity index is 1.97. The Bertz CT molecular complexity index is 908. The second kappa shape index (κ2) is 6.16. The predicted octanol–water partition coefficient (Wildman–Crippen LogP) is 4.06. The lowest BCUT2D eigenvalue weighted by atomic mass is 10.2. The Morgan fingerprint density at radius 2 is 1.79 bits per heavy atom. The number of aromatic nitrogens is 2. The first-order chi connectivity index (χ1) is 11.4. The van der Waals surface area contributed by atoms with Gasteiger partial charge >= 0.3 is 12.1 Å². The molecule has 0 aliphatic carbocycles. The molecule has 1 atom stereocenters. The minimum absolute atomic E-state index is 0.0289. The zero-order valence-corrected chi connectivity index (χ0v) is 12.6. The lowest BCUT2D eigenvalue weighted by Gasteiger charge is -2.04. The Morgan fingerprint density at radius 3 is 2.46 bits per heavy atom. The molecule has 0 aliphatic rings. The second-order valence-corrected chi connectivity index (χ2v) is 6.10. The van der Waals surface area contributed by atoms with Crippen molar-refractivity contribution in [2.24, 2.45) is 0 Å². The molecule has 0 fully saturated rings. The Kier molecular flexibility index (Phi) is 4.18. The number of rotatable bonds is 3. The van der Waals surface area contributed by atoms with E-state index in [0.717, 1.165) is 0 Å². The van der Waals surface area contributed by atoms with Crippen LogP contribution in [0.3, 0.4) is 0 Å². The van der Waals surface area contributed by atoms with E-state index in [1.165, 1.54) is 48.5 Å². The summed E-state index contributed by atoms with van der Waals surface area (Å²) in [5.74, 6) is -2.41. The monoisotopic (exact) mass is 356 g/mol. The summed E-state index contributed by atoms with van der Waals surface area (Å²) in [4.78, 5) is 3.44. The molecule has 0 spiro atoms. The second-order valence-electron chi connectivity index (χ2n) is 4.65. The lowest BCUT2D eigenvalue weighted by molar-refractivity contribution is -0.159. The van der Waals surface area contributed by atoms with Gasteiger partial charge in [0.05, 0.1) is 15.7 Å². The Hall–Kier alpha value is -2.55. The van der Waals surface area contributed by atoms with Crippen LogP contribution >= 0.6 is 0 Å². The van der Waals surface area contributed by atoms with Gasteiger partial charge in [-0.05, 0) is 24.3 Å². The lowest BCUT2D eigenvalue weighted by Crippen LogP contribution is -2.04. The molecule has 1 heterocycles. The molecule has 3 aromatic rings. The van der Waals surface area contributed by atoms with Crippen molar-refractivity contribution in [3.63, 3.8) is 0 Å². The number of hydrogen-bond acceptors (Lipinski definition) is 4. The third-order valence-electron chi connectivity index (χ3n) is 3.01. The fourth-order valence-electron chi connectivity index (χ4n) is 1.93. The molecule has 0 saturated heterocycles. The summed E-state index contributed by atoms with van der Waals surface area (Å²) in [6, 6.07) is 11.2. The maximum atomic E-state index is 13.7. The zero-order valence-electron chi connectivity index (χ0n) is 11.7. The van der Waals surface area contributed by atoms with Crippen LogP contribution in [0, 0.1) is 5.82 Å². The van der Waals surface area contributed by atoms with Crippen LogP contribution in [0.2, 0.25) is 0 Å².